The van der Waals surface area contributed by atoms with E-state index in [4.69, 9.17) is 0 Å². The van der Waals surface area contributed by atoms with E-state index in [1.807, 2.05) is 0 Å². The molecule has 15 heteroatoms. The van der Waals surface area contributed by atoms with E-state index in [9.17, 15) is 43.9 Å². The van der Waals surface area contributed by atoms with Crippen molar-refractivity contribution in [2.45, 2.75) is 56.3 Å². The molecule has 0 saturated heterocycles. The van der Waals surface area contributed by atoms with Gasteiger partial charge in [0.2, 0.25) is 5.92 Å². The van der Waals surface area contributed by atoms with Gasteiger partial charge in [-0.2, -0.15) is 27.1 Å². The fourth-order valence-electron chi connectivity index (χ4n) is 3.88. The molecular weight excluding hydrogens is 497 g/mol. The van der Waals surface area contributed by atoms with Crippen LogP contribution in [0.25, 0.3) is 0 Å². The minimum absolute atomic E-state index is 0.141. The van der Waals surface area contributed by atoms with Crippen LogP contribution in [0.5, 0.6) is 0 Å². The third-order valence-corrected chi connectivity index (χ3v) is 6.42. The van der Waals surface area contributed by atoms with Gasteiger partial charge in [0.15, 0.2) is 14.9 Å². The van der Waals surface area contributed by atoms with Crippen LogP contribution in [0.3, 0.4) is 0 Å². The molecule has 0 spiro atoms. The van der Waals surface area contributed by atoms with Crippen LogP contribution in [0.15, 0.2) is 23.4 Å². The quantitative estimate of drug-likeness (QED) is 0.577. The Kier molecular flexibility index (Phi) is 6.03. The number of sulfone groups is 1. The molecule has 0 bridgehead atoms. The summed E-state index contributed by atoms with van der Waals surface area (Å²) in [7, 11) is -3.78. The highest BCUT2D eigenvalue weighted by atomic mass is 32.2. The Morgan fingerprint density at radius 3 is 2.26 bits per heavy atom. The highest BCUT2D eigenvalue weighted by Crippen LogP contribution is 2.61. The van der Waals surface area contributed by atoms with Crippen LogP contribution < -0.4 is 5.32 Å². The van der Waals surface area contributed by atoms with Gasteiger partial charge in [-0.15, -0.1) is 0 Å². The molecule has 1 aliphatic carbocycles. The number of carbonyl (C=O) groups is 1. The predicted molar refractivity (Wildman–Crippen MR) is 105 cm³/mol. The minimum atomic E-state index is -5.12. The van der Waals surface area contributed by atoms with Crippen LogP contribution in [-0.4, -0.2) is 47.4 Å². The molecule has 1 amide bonds. The van der Waals surface area contributed by atoms with Crippen molar-refractivity contribution < 1.29 is 43.9 Å². The second-order valence-electron chi connectivity index (χ2n) is 8.46. The number of alkyl halides is 7. The van der Waals surface area contributed by atoms with Crippen molar-refractivity contribution in [1.82, 2.24) is 14.8 Å². The molecule has 0 atom stereocenters. The number of aromatic nitrogens is 3. The molecule has 188 valence electrons. The Labute approximate surface area is 189 Å². The second-order valence-corrected chi connectivity index (χ2v) is 10.4. The van der Waals surface area contributed by atoms with Gasteiger partial charge < -0.3 is 5.32 Å². The maximum Gasteiger partial charge on any atom is 0.396 e. The number of nitrogens with one attached hydrogen (secondary N) is 1. The van der Waals surface area contributed by atoms with E-state index in [0.717, 1.165) is 25.4 Å². The second kappa shape index (κ2) is 7.92. The molecular formula is C19H19F7N4O3S. The maximum atomic E-state index is 14.0. The van der Waals surface area contributed by atoms with Gasteiger partial charge in [0.05, 0.1) is 12.0 Å². The molecule has 0 radical (unpaired) electrons. The molecule has 1 saturated carbocycles. The average molecular weight is 516 g/mol. The van der Waals surface area contributed by atoms with Crippen LogP contribution in [0.4, 0.5) is 36.4 Å². The van der Waals surface area contributed by atoms with Crippen molar-refractivity contribution in [3.8, 4) is 0 Å². The summed E-state index contributed by atoms with van der Waals surface area (Å²) >= 11 is 0. The molecule has 34 heavy (non-hydrogen) atoms. The Balaban J connectivity index is 2.05. The number of pyridine rings is 1. The number of anilines is 1. The third kappa shape index (κ3) is 4.88. The highest BCUT2D eigenvalue weighted by molar-refractivity contribution is 7.90. The van der Waals surface area contributed by atoms with Gasteiger partial charge in [-0.25, -0.2) is 22.2 Å². The van der Waals surface area contributed by atoms with E-state index >= 15 is 0 Å². The lowest BCUT2D eigenvalue weighted by Gasteiger charge is -2.48. The molecule has 0 aliphatic heterocycles. The van der Waals surface area contributed by atoms with E-state index in [1.165, 1.54) is 6.07 Å². The molecule has 3 rings (SSSR count). The summed E-state index contributed by atoms with van der Waals surface area (Å²) in [6.07, 6.45) is -6.39. The van der Waals surface area contributed by atoms with Crippen molar-refractivity contribution in [2.75, 3.05) is 11.6 Å². The zero-order valence-electron chi connectivity index (χ0n) is 18.0. The zero-order valence-corrected chi connectivity index (χ0v) is 18.8. The Morgan fingerprint density at radius 1 is 1.21 bits per heavy atom. The van der Waals surface area contributed by atoms with Crippen molar-refractivity contribution in [3.05, 3.63) is 35.3 Å². The summed E-state index contributed by atoms with van der Waals surface area (Å²) < 4.78 is 120. The molecule has 1 N–H and O–H groups in total. The Hall–Kier alpha value is -2.71. The highest BCUT2D eigenvalue weighted by Gasteiger charge is 2.69. The minimum Gasteiger partial charge on any atom is -0.321 e. The normalized spacial score (nSPS) is 17.8. The molecule has 1 aliphatic rings. The number of rotatable bonds is 6. The lowest BCUT2D eigenvalue weighted by molar-refractivity contribution is -0.314. The third-order valence-electron chi connectivity index (χ3n) is 5.44. The van der Waals surface area contributed by atoms with Crippen LogP contribution in [0.2, 0.25) is 0 Å². The van der Waals surface area contributed by atoms with Crippen molar-refractivity contribution in [3.63, 3.8) is 0 Å². The van der Waals surface area contributed by atoms with Gasteiger partial charge in [0.25, 0.3) is 11.8 Å². The van der Waals surface area contributed by atoms with Crippen molar-refractivity contribution in [2.24, 2.45) is 5.41 Å². The number of hydrogen-bond acceptors (Lipinski definition) is 5. The molecule has 2 aromatic rings. The predicted octanol–water partition coefficient (Wildman–Crippen LogP) is 4.33. The van der Waals surface area contributed by atoms with E-state index in [-0.39, 0.29) is 5.69 Å². The number of nitrogens with zero attached hydrogens (tertiary/aromatic N) is 3. The van der Waals surface area contributed by atoms with Crippen LogP contribution >= 0.6 is 0 Å². The van der Waals surface area contributed by atoms with Crippen LogP contribution in [0.1, 0.15) is 41.5 Å². The number of amides is 1. The van der Waals surface area contributed by atoms with Gasteiger partial charge in [-0.1, -0.05) is 0 Å². The summed E-state index contributed by atoms with van der Waals surface area (Å²) in [5.74, 6) is -8.44. The first-order valence-electron chi connectivity index (χ1n) is 9.64. The van der Waals surface area contributed by atoms with Crippen molar-refractivity contribution >= 4 is 21.4 Å². The van der Waals surface area contributed by atoms with Gasteiger partial charge in [0, 0.05) is 43.5 Å². The Bertz CT molecular complexity index is 1230. The van der Waals surface area contributed by atoms with Crippen LogP contribution in [0, 0.1) is 12.3 Å². The van der Waals surface area contributed by atoms with Gasteiger partial charge in [-0.05, 0) is 19.1 Å². The summed E-state index contributed by atoms with van der Waals surface area (Å²) in [4.78, 5) is 16.5. The van der Waals surface area contributed by atoms with E-state index in [0.29, 0.717) is 11.6 Å². The Morgan fingerprint density at radius 2 is 1.79 bits per heavy atom. The lowest BCUT2D eigenvalue weighted by Crippen LogP contribution is -2.57. The SMILES string of the molecule is Cc1c(C(C)(F)F)nn(CC2(C(F)(F)F)CC(F)(F)C2)c1C(=O)Nc1ccnc(S(C)(=O)=O)c1. The van der Waals surface area contributed by atoms with Gasteiger partial charge >= 0.3 is 6.18 Å². The number of hydrogen-bond donors (Lipinski definition) is 1. The number of halogens is 7. The summed E-state index contributed by atoms with van der Waals surface area (Å²) in [6, 6.07) is 2.13. The summed E-state index contributed by atoms with van der Waals surface area (Å²) in [5, 5.41) is 5.27. The van der Waals surface area contributed by atoms with Gasteiger partial charge in [-0.3, -0.25) is 9.48 Å². The first kappa shape index (κ1) is 25.9. The lowest BCUT2D eigenvalue weighted by atomic mass is 9.65. The fraction of sp³-hybridized carbons (Fsp3) is 0.526. The number of carbonyl (C=O) groups excluding carboxylic acids is 1. The van der Waals surface area contributed by atoms with E-state index < -0.39 is 80.5 Å². The molecule has 0 unspecified atom stereocenters. The summed E-state index contributed by atoms with van der Waals surface area (Å²) in [5.41, 5.74) is -5.26. The fourth-order valence-corrected chi connectivity index (χ4v) is 4.47. The molecule has 2 aromatic heterocycles. The first-order valence-corrected chi connectivity index (χ1v) is 11.5. The smallest absolute Gasteiger partial charge is 0.321 e. The standard InChI is InChI=1S/C19H19F7N4O3S/c1-10-13(15(31)28-11-4-5-27-12(6-11)34(3,32)33)30(29-14(10)16(2,20)21)9-17(19(24,25)26)7-18(22,23)8-17/h4-6H,7-9H2,1-3H3,(H,27,28,31). The summed E-state index contributed by atoms with van der Waals surface area (Å²) in [6.45, 7) is 0.179. The van der Waals surface area contributed by atoms with Gasteiger partial charge in [0.1, 0.15) is 11.4 Å². The topological polar surface area (TPSA) is 93.9 Å². The first-order chi connectivity index (χ1) is 15.3. The van der Waals surface area contributed by atoms with E-state index in [1.54, 1.807) is 0 Å². The van der Waals surface area contributed by atoms with E-state index in [2.05, 4.69) is 15.4 Å². The molecule has 2 heterocycles. The molecule has 0 aromatic carbocycles. The zero-order chi connectivity index (χ0) is 25.9. The average Bonchev–Trinajstić information content (AvgIpc) is 2.95. The molecule has 1 fully saturated rings. The molecule has 7 nitrogen and oxygen atoms in total. The maximum absolute atomic E-state index is 14.0. The van der Waals surface area contributed by atoms with Crippen molar-refractivity contribution in [1.29, 1.82) is 0 Å². The monoisotopic (exact) mass is 516 g/mol. The van der Waals surface area contributed by atoms with Crippen LogP contribution in [-0.2, 0) is 22.3 Å². The largest absolute Gasteiger partial charge is 0.396 e.